The summed E-state index contributed by atoms with van der Waals surface area (Å²) in [5.74, 6) is -8.36. The molecule has 1 fully saturated rings. The van der Waals surface area contributed by atoms with Gasteiger partial charge in [0.05, 0.1) is 30.2 Å². The van der Waals surface area contributed by atoms with Crippen LogP contribution >= 0.6 is 11.8 Å². The lowest BCUT2D eigenvalue weighted by molar-refractivity contribution is -0.160. The fourth-order valence-corrected chi connectivity index (χ4v) is 10.2. The number of carbonyl (C=O) groups excluding carboxylic acids is 8. The summed E-state index contributed by atoms with van der Waals surface area (Å²) in [4.78, 5) is 115. The van der Waals surface area contributed by atoms with Crippen molar-refractivity contribution in [3.63, 3.8) is 0 Å². The number of amides is 6. The normalized spacial score (nSPS) is 27.4. The average Bonchev–Trinajstić information content (AvgIpc) is 3.48. The number of nitrogens with two attached hydrogens (primary N) is 1. The number of aliphatic hydroxyl groups excluding tert-OH is 2. The Morgan fingerprint density at radius 2 is 1.46 bits per heavy atom. The number of carbonyl (C=O) groups is 8. The van der Waals surface area contributed by atoms with Crippen molar-refractivity contribution >= 4 is 59.1 Å². The molecule has 1 unspecified atom stereocenters. The second-order valence-corrected chi connectivity index (χ2v) is 22.4. The third kappa shape index (κ3) is 20.2. The van der Waals surface area contributed by atoms with Gasteiger partial charge in [0.25, 0.3) is 0 Å². The van der Waals surface area contributed by atoms with Crippen LogP contribution in [-0.4, -0.2) is 173 Å². The van der Waals surface area contributed by atoms with E-state index in [0.29, 0.717) is 30.0 Å². The predicted molar refractivity (Wildman–Crippen MR) is 301 cm³/mol. The number of cyclic esters (lactones) is 1. The fourth-order valence-electron chi connectivity index (χ4n) is 8.96. The first-order valence-electron chi connectivity index (χ1n) is 27.6. The second kappa shape index (κ2) is 32.4. The SMILES string of the molecule is CCC(C)[C@H]1NC(=O)[C@@H](NC(=O)[C@H](C)[C@H](O)C(C)C)[C@@H](C)OC(=O)[C@@H]2COC(=O)CNC(=O)/C=C/[C@](O)(CSCCCCCCN)[C@@H](C)Oc3ccc(cc3)[C@@H](CN(C)[C@@H](Cc3ccccc3)C(=O)N[C@H]([C@@H](C)O)C(=O)N2)NC1=O. The van der Waals surface area contributed by atoms with Gasteiger partial charge in [-0.2, -0.15) is 11.8 Å². The van der Waals surface area contributed by atoms with E-state index in [-0.39, 0.29) is 24.6 Å². The van der Waals surface area contributed by atoms with Crippen LogP contribution in [0.1, 0.15) is 105 Å². The number of nitrogens with zero attached hydrogens (tertiary/aromatic N) is 1. The topological polar surface area (TPSA) is 326 Å². The van der Waals surface area contributed by atoms with Crippen LogP contribution < -0.4 is 42.4 Å². The molecule has 4 bridgehead atoms. The van der Waals surface area contributed by atoms with Gasteiger partial charge in [-0.15, -0.1) is 0 Å². The highest BCUT2D eigenvalue weighted by atomic mass is 32.2. The van der Waals surface area contributed by atoms with Crippen molar-refractivity contribution in [2.45, 2.75) is 160 Å². The van der Waals surface area contributed by atoms with E-state index in [4.69, 9.17) is 19.9 Å². The Kier molecular flexibility index (Phi) is 26.9. The summed E-state index contributed by atoms with van der Waals surface area (Å²) in [6, 6.07) is 6.93. The van der Waals surface area contributed by atoms with Crippen molar-refractivity contribution in [3.8, 4) is 5.75 Å². The van der Waals surface area contributed by atoms with Gasteiger partial charge in [0.2, 0.25) is 35.4 Å². The van der Waals surface area contributed by atoms with Crippen LogP contribution in [0.5, 0.6) is 5.75 Å². The van der Waals surface area contributed by atoms with E-state index in [0.717, 1.165) is 37.3 Å². The third-order valence-electron chi connectivity index (χ3n) is 14.5. The zero-order valence-electron chi connectivity index (χ0n) is 47.6. The molecule has 6 amide bonds. The van der Waals surface area contributed by atoms with Gasteiger partial charge in [-0.25, -0.2) is 4.79 Å². The van der Waals surface area contributed by atoms with Gasteiger partial charge in [0, 0.05) is 18.4 Å². The molecule has 2 aromatic carbocycles. The second-order valence-electron chi connectivity index (χ2n) is 21.3. The van der Waals surface area contributed by atoms with Crippen LogP contribution in [0.4, 0.5) is 0 Å². The van der Waals surface area contributed by atoms with E-state index in [1.807, 2.05) is 6.92 Å². The highest BCUT2D eigenvalue weighted by Crippen LogP contribution is 2.28. The number of thioether (sulfide) groups is 1. The number of hydrogen-bond donors (Lipinski definition) is 10. The molecule has 0 saturated carbocycles. The van der Waals surface area contributed by atoms with Gasteiger partial charge < -0.3 is 67.2 Å². The average molecular weight is 1140 g/mol. The zero-order valence-corrected chi connectivity index (χ0v) is 48.4. The summed E-state index contributed by atoms with van der Waals surface area (Å²) in [7, 11) is 1.64. The Morgan fingerprint density at radius 1 is 0.825 bits per heavy atom. The molecular formula is C57H86N8O14S. The number of ether oxygens (including phenoxy) is 3. The molecule has 80 heavy (non-hydrogen) atoms. The molecule has 0 aliphatic carbocycles. The number of unbranched alkanes of at least 4 members (excludes halogenated alkanes) is 3. The van der Waals surface area contributed by atoms with Crippen molar-refractivity contribution < 1.29 is 67.9 Å². The Labute approximate surface area is 474 Å². The summed E-state index contributed by atoms with van der Waals surface area (Å²) >= 11 is 1.46. The molecule has 5 rings (SSSR count). The number of fused-ring (bicyclic) bond motifs is 11. The van der Waals surface area contributed by atoms with E-state index in [1.54, 1.807) is 94.2 Å². The van der Waals surface area contributed by atoms with Gasteiger partial charge in [0.1, 0.15) is 54.8 Å². The first kappa shape index (κ1) is 66.4. The minimum absolute atomic E-state index is 0.0668. The summed E-state index contributed by atoms with van der Waals surface area (Å²) < 4.78 is 17.6. The molecule has 11 N–H and O–H groups in total. The number of esters is 2. The summed E-state index contributed by atoms with van der Waals surface area (Å²) in [6.45, 7) is 11.4. The molecule has 23 heteroatoms. The van der Waals surface area contributed by atoms with Crippen LogP contribution in [0.2, 0.25) is 0 Å². The van der Waals surface area contributed by atoms with E-state index in [2.05, 4.69) is 31.9 Å². The van der Waals surface area contributed by atoms with Gasteiger partial charge in [-0.3, -0.25) is 38.5 Å². The lowest BCUT2D eigenvalue weighted by Gasteiger charge is -2.34. The molecule has 2 aromatic rings. The monoisotopic (exact) mass is 1140 g/mol. The lowest BCUT2D eigenvalue weighted by atomic mass is 9.93. The van der Waals surface area contributed by atoms with Crippen molar-refractivity contribution in [2.24, 2.45) is 23.5 Å². The fraction of sp³-hybridized carbons (Fsp3) is 0.614. The molecule has 444 valence electrons. The molecule has 3 heterocycles. The van der Waals surface area contributed by atoms with Crippen LogP contribution in [0.25, 0.3) is 0 Å². The molecule has 3 aliphatic heterocycles. The van der Waals surface area contributed by atoms with Crippen molar-refractivity contribution in [2.75, 3.05) is 44.8 Å². The Hall–Kier alpha value is -6.11. The quantitative estimate of drug-likeness (QED) is 0.0789. The maximum absolute atomic E-state index is 15.0. The first-order valence-corrected chi connectivity index (χ1v) is 28.8. The van der Waals surface area contributed by atoms with Gasteiger partial charge >= 0.3 is 11.9 Å². The largest absolute Gasteiger partial charge is 0.487 e. The number of hydrogen-bond acceptors (Lipinski definition) is 17. The third-order valence-corrected chi connectivity index (χ3v) is 15.8. The Morgan fingerprint density at radius 3 is 2.10 bits per heavy atom. The van der Waals surface area contributed by atoms with Gasteiger partial charge in [0.15, 0.2) is 6.04 Å². The maximum Gasteiger partial charge on any atom is 0.332 e. The molecule has 13 atom stereocenters. The highest BCUT2D eigenvalue weighted by molar-refractivity contribution is 7.99. The molecular weight excluding hydrogens is 1050 g/mol. The van der Waals surface area contributed by atoms with E-state index in [9.17, 15) is 53.7 Å². The number of rotatable bonds is 17. The molecule has 1 saturated heterocycles. The predicted octanol–water partition coefficient (Wildman–Crippen LogP) is 1.33. The van der Waals surface area contributed by atoms with Gasteiger partial charge in [-0.1, -0.05) is 96.3 Å². The number of benzene rings is 2. The maximum atomic E-state index is 15.0. The van der Waals surface area contributed by atoms with Crippen molar-refractivity contribution in [1.29, 1.82) is 0 Å². The van der Waals surface area contributed by atoms with E-state index in [1.165, 1.54) is 38.6 Å². The van der Waals surface area contributed by atoms with Crippen LogP contribution in [-0.2, 0) is 54.3 Å². The molecule has 3 aliphatic rings. The molecule has 0 radical (unpaired) electrons. The summed E-state index contributed by atoms with van der Waals surface area (Å²) in [6.07, 6.45) is 1.15. The Bertz CT molecular complexity index is 2400. The minimum atomic E-state index is -1.91. The van der Waals surface area contributed by atoms with Crippen LogP contribution in [0, 0.1) is 17.8 Å². The molecule has 0 spiro atoms. The van der Waals surface area contributed by atoms with Gasteiger partial charge in [-0.05, 0) is 101 Å². The smallest absolute Gasteiger partial charge is 0.332 e. The van der Waals surface area contributed by atoms with Crippen LogP contribution in [0.15, 0.2) is 66.7 Å². The number of likely N-dealkylation sites (N-methyl/N-ethyl adjacent to an activating group) is 1. The minimum Gasteiger partial charge on any atom is -0.487 e. The van der Waals surface area contributed by atoms with Crippen LogP contribution in [0.3, 0.4) is 0 Å². The zero-order chi connectivity index (χ0) is 59.3. The standard InChI is InChI=1S/C57H86N8O14S/c1-10-34(4)47-53(72)60-42-30-65(9)44(28-39-18-14-13-15-19-39)52(71)63-48(36(6)66)54(73)61-43(56(75)78-37(7)49(55(74)62-47)64-51(70)35(5)50(69)33(2)3)31-77-46(68)29-59-45(67)24-25-57(76,32-80-27-17-12-11-16-26-58)38(8)79-41-22-20-40(42)21-23-41/h13-15,18-25,33-38,42-44,47-50,66,69,76H,10-12,16-17,26-32,58H2,1-9H3,(H,59,67)(H,60,72)(H,61,73)(H,62,74)(H,63,71)(H,64,70)/b25-24+/t34?,35-,36-,37-,38-,42-,43+,44+,47-,48-,49+,50-,57+/m1/s1. The number of nitrogens with one attached hydrogen (secondary N) is 6. The van der Waals surface area contributed by atoms with Crippen molar-refractivity contribution in [3.05, 3.63) is 77.9 Å². The first-order chi connectivity index (χ1) is 37.9. The van der Waals surface area contributed by atoms with Crippen molar-refractivity contribution in [1.82, 2.24) is 36.8 Å². The van der Waals surface area contributed by atoms with E-state index >= 15 is 0 Å². The lowest BCUT2D eigenvalue weighted by Crippen LogP contribution is -2.61. The summed E-state index contributed by atoms with van der Waals surface area (Å²) in [5, 5.41) is 50.1. The number of aliphatic hydroxyl groups is 3. The molecule has 22 nitrogen and oxygen atoms in total. The Balaban J connectivity index is 1.96. The van der Waals surface area contributed by atoms with E-state index < -0.39 is 139 Å². The molecule has 0 aromatic heterocycles. The highest BCUT2D eigenvalue weighted by Gasteiger charge is 2.41. The summed E-state index contributed by atoms with van der Waals surface area (Å²) in [5.41, 5.74) is 5.16.